The number of likely N-dealkylation sites (tertiary alicyclic amines) is 1. The molecule has 0 aromatic heterocycles. The van der Waals surface area contributed by atoms with Crippen molar-refractivity contribution >= 4 is 17.5 Å². The summed E-state index contributed by atoms with van der Waals surface area (Å²) < 4.78 is 13.1. The summed E-state index contributed by atoms with van der Waals surface area (Å²) in [6, 6.07) is 15.8. The standard InChI is InChI=1S/C20H21FN2O2/c21-17-7-4-8-18(14-17)22-19(24)20(25)23-11-9-16(10-12-23)13-15-5-2-1-3-6-15/h1-8,14,16H,9-13H2,(H,22,24). The van der Waals surface area contributed by atoms with Gasteiger partial charge in [-0.1, -0.05) is 36.4 Å². The van der Waals surface area contributed by atoms with Crippen molar-refractivity contribution in [2.75, 3.05) is 18.4 Å². The van der Waals surface area contributed by atoms with Gasteiger partial charge in [0.1, 0.15) is 5.82 Å². The zero-order chi connectivity index (χ0) is 17.6. The maximum Gasteiger partial charge on any atom is 0.313 e. The predicted octanol–water partition coefficient (Wildman–Crippen LogP) is 3.25. The molecule has 1 fully saturated rings. The molecule has 0 atom stereocenters. The Morgan fingerprint density at radius 3 is 2.44 bits per heavy atom. The monoisotopic (exact) mass is 340 g/mol. The Bertz CT molecular complexity index is 740. The summed E-state index contributed by atoms with van der Waals surface area (Å²) in [4.78, 5) is 25.9. The molecule has 3 rings (SSSR count). The smallest absolute Gasteiger partial charge is 0.313 e. The third-order valence-electron chi connectivity index (χ3n) is 4.55. The fourth-order valence-corrected chi connectivity index (χ4v) is 3.18. The number of anilines is 1. The van der Waals surface area contributed by atoms with E-state index in [1.54, 1.807) is 11.0 Å². The minimum atomic E-state index is -0.716. The number of hydrogen-bond acceptors (Lipinski definition) is 2. The SMILES string of the molecule is O=C(Nc1cccc(F)c1)C(=O)N1CCC(Cc2ccccc2)CC1. The van der Waals surface area contributed by atoms with Crippen molar-refractivity contribution in [1.29, 1.82) is 0 Å². The Kier molecular flexibility index (Phi) is 5.43. The van der Waals surface area contributed by atoms with Crippen molar-refractivity contribution in [3.63, 3.8) is 0 Å². The van der Waals surface area contributed by atoms with Crippen molar-refractivity contribution in [2.24, 2.45) is 5.92 Å². The highest BCUT2D eigenvalue weighted by Gasteiger charge is 2.27. The average Bonchev–Trinajstić information content (AvgIpc) is 2.62. The topological polar surface area (TPSA) is 49.4 Å². The molecule has 2 aromatic rings. The molecule has 1 N–H and O–H groups in total. The van der Waals surface area contributed by atoms with E-state index >= 15 is 0 Å². The van der Waals surface area contributed by atoms with Crippen LogP contribution in [-0.4, -0.2) is 29.8 Å². The molecule has 0 unspecified atom stereocenters. The molecule has 2 aromatic carbocycles. The van der Waals surface area contributed by atoms with Crippen LogP contribution in [0.15, 0.2) is 54.6 Å². The second kappa shape index (κ2) is 7.92. The lowest BCUT2D eigenvalue weighted by atomic mass is 9.90. The first kappa shape index (κ1) is 17.1. The van der Waals surface area contributed by atoms with Crippen molar-refractivity contribution in [2.45, 2.75) is 19.3 Å². The Morgan fingerprint density at radius 1 is 1.04 bits per heavy atom. The van der Waals surface area contributed by atoms with E-state index in [1.165, 1.54) is 23.8 Å². The second-order valence-electron chi connectivity index (χ2n) is 6.39. The largest absolute Gasteiger partial charge is 0.334 e. The highest BCUT2D eigenvalue weighted by Crippen LogP contribution is 2.22. The van der Waals surface area contributed by atoms with Gasteiger partial charge in [0.15, 0.2) is 0 Å². The van der Waals surface area contributed by atoms with Crippen LogP contribution in [-0.2, 0) is 16.0 Å². The van der Waals surface area contributed by atoms with Crippen LogP contribution in [0.25, 0.3) is 0 Å². The van der Waals surface area contributed by atoms with E-state index < -0.39 is 17.6 Å². The first-order chi connectivity index (χ1) is 12.1. The molecule has 5 heteroatoms. The molecule has 2 amide bonds. The van der Waals surface area contributed by atoms with Gasteiger partial charge in [-0.2, -0.15) is 0 Å². The van der Waals surface area contributed by atoms with Gasteiger partial charge >= 0.3 is 11.8 Å². The maximum atomic E-state index is 13.1. The van der Waals surface area contributed by atoms with Crippen LogP contribution in [0.2, 0.25) is 0 Å². The Morgan fingerprint density at radius 2 is 1.76 bits per heavy atom. The molecule has 1 saturated heterocycles. The van der Waals surface area contributed by atoms with Crippen LogP contribution in [0.5, 0.6) is 0 Å². The van der Waals surface area contributed by atoms with E-state index in [0.717, 1.165) is 19.3 Å². The lowest BCUT2D eigenvalue weighted by Gasteiger charge is -2.31. The van der Waals surface area contributed by atoms with Gasteiger partial charge in [0.25, 0.3) is 0 Å². The summed E-state index contributed by atoms with van der Waals surface area (Å²) >= 11 is 0. The summed E-state index contributed by atoms with van der Waals surface area (Å²) in [7, 11) is 0. The number of benzene rings is 2. The average molecular weight is 340 g/mol. The van der Waals surface area contributed by atoms with Crippen molar-refractivity contribution in [1.82, 2.24) is 4.90 Å². The number of halogens is 1. The van der Waals surface area contributed by atoms with E-state index in [1.807, 2.05) is 18.2 Å². The van der Waals surface area contributed by atoms with Crippen LogP contribution >= 0.6 is 0 Å². The van der Waals surface area contributed by atoms with E-state index in [4.69, 9.17) is 0 Å². The molecule has 0 bridgehead atoms. The number of rotatable bonds is 3. The number of amides is 2. The number of carbonyl (C=O) groups is 2. The van der Waals surface area contributed by atoms with Gasteiger partial charge in [-0.15, -0.1) is 0 Å². The highest BCUT2D eigenvalue weighted by atomic mass is 19.1. The minimum absolute atomic E-state index is 0.289. The zero-order valence-electron chi connectivity index (χ0n) is 14.0. The van der Waals surface area contributed by atoms with Crippen molar-refractivity contribution in [3.05, 3.63) is 66.0 Å². The second-order valence-corrected chi connectivity index (χ2v) is 6.39. The van der Waals surface area contributed by atoms with E-state index in [-0.39, 0.29) is 5.69 Å². The van der Waals surface area contributed by atoms with Gasteiger partial charge in [-0.05, 0) is 48.9 Å². The Balaban J connectivity index is 1.50. The molecule has 0 spiro atoms. The van der Waals surface area contributed by atoms with Gasteiger partial charge < -0.3 is 10.2 Å². The van der Waals surface area contributed by atoms with Crippen LogP contribution in [0.4, 0.5) is 10.1 Å². The summed E-state index contributed by atoms with van der Waals surface area (Å²) in [5.74, 6) is -1.20. The summed E-state index contributed by atoms with van der Waals surface area (Å²) in [5, 5.41) is 2.46. The van der Waals surface area contributed by atoms with Gasteiger partial charge in [0.05, 0.1) is 0 Å². The lowest BCUT2D eigenvalue weighted by Crippen LogP contribution is -2.44. The molecule has 0 saturated carbocycles. The third kappa shape index (κ3) is 4.66. The molecule has 1 aliphatic heterocycles. The quantitative estimate of drug-likeness (QED) is 0.872. The number of nitrogens with zero attached hydrogens (tertiary/aromatic N) is 1. The number of piperidine rings is 1. The number of carbonyl (C=O) groups excluding carboxylic acids is 2. The molecule has 1 aliphatic rings. The van der Waals surface area contributed by atoms with E-state index in [9.17, 15) is 14.0 Å². The van der Waals surface area contributed by atoms with E-state index in [0.29, 0.717) is 19.0 Å². The van der Waals surface area contributed by atoms with Crippen molar-refractivity contribution < 1.29 is 14.0 Å². The van der Waals surface area contributed by atoms with Gasteiger partial charge in [-0.3, -0.25) is 9.59 Å². The van der Waals surface area contributed by atoms with Crippen LogP contribution in [0.1, 0.15) is 18.4 Å². The third-order valence-corrected chi connectivity index (χ3v) is 4.55. The van der Waals surface area contributed by atoms with Gasteiger partial charge in [0.2, 0.25) is 0 Å². The van der Waals surface area contributed by atoms with E-state index in [2.05, 4.69) is 17.4 Å². The van der Waals surface area contributed by atoms with Gasteiger partial charge in [0, 0.05) is 18.8 Å². The predicted molar refractivity (Wildman–Crippen MR) is 94.5 cm³/mol. The molecular formula is C20H21FN2O2. The Hall–Kier alpha value is -2.69. The molecule has 0 aliphatic carbocycles. The zero-order valence-corrected chi connectivity index (χ0v) is 14.0. The Labute approximate surface area is 146 Å². The van der Waals surface area contributed by atoms with Crippen LogP contribution in [0.3, 0.4) is 0 Å². The fourth-order valence-electron chi connectivity index (χ4n) is 3.18. The molecule has 4 nitrogen and oxygen atoms in total. The normalized spacial score (nSPS) is 15.0. The summed E-state index contributed by atoms with van der Waals surface area (Å²) in [5.41, 5.74) is 1.59. The highest BCUT2D eigenvalue weighted by molar-refractivity contribution is 6.39. The lowest BCUT2D eigenvalue weighted by molar-refractivity contribution is -0.144. The maximum absolute atomic E-state index is 13.1. The molecule has 130 valence electrons. The summed E-state index contributed by atoms with van der Waals surface area (Å²) in [6.07, 6.45) is 2.76. The minimum Gasteiger partial charge on any atom is -0.334 e. The number of nitrogens with one attached hydrogen (secondary N) is 1. The first-order valence-corrected chi connectivity index (χ1v) is 8.51. The first-order valence-electron chi connectivity index (χ1n) is 8.51. The summed E-state index contributed by atoms with van der Waals surface area (Å²) in [6.45, 7) is 1.15. The molecular weight excluding hydrogens is 319 g/mol. The number of hydrogen-bond donors (Lipinski definition) is 1. The van der Waals surface area contributed by atoms with Crippen LogP contribution in [0, 0.1) is 11.7 Å². The molecule has 25 heavy (non-hydrogen) atoms. The fraction of sp³-hybridized carbons (Fsp3) is 0.300. The van der Waals surface area contributed by atoms with Crippen LogP contribution < -0.4 is 5.32 Å². The van der Waals surface area contributed by atoms with Gasteiger partial charge in [-0.25, -0.2) is 4.39 Å². The molecule has 1 heterocycles. The molecule has 0 radical (unpaired) electrons. The van der Waals surface area contributed by atoms with Crippen molar-refractivity contribution in [3.8, 4) is 0 Å².